The monoisotopic (exact) mass is 726 g/mol. The van der Waals surface area contributed by atoms with Crippen molar-refractivity contribution in [3.05, 3.63) is 62.9 Å². The summed E-state index contributed by atoms with van der Waals surface area (Å²) in [6, 6.07) is 3.64. The van der Waals surface area contributed by atoms with E-state index < -0.39 is 120 Å². The number of hydrogen-bond acceptors (Lipinski definition) is 16. The first-order valence-corrected chi connectivity index (χ1v) is 16.6. The van der Waals surface area contributed by atoms with Crippen molar-refractivity contribution in [2.45, 2.75) is 95.0 Å². The normalized spacial score (nSPS) is 33.2. The van der Waals surface area contributed by atoms with E-state index >= 15 is 0 Å². The van der Waals surface area contributed by atoms with E-state index in [1.165, 1.54) is 12.1 Å². The molecule has 16 nitrogen and oxygen atoms in total. The number of phenols is 3. The van der Waals surface area contributed by atoms with E-state index in [0.29, 0.717) is 0 Å². The summed E-state index contributed by atoms with van der Waals surface area (Å²) in [6.45, 7) is 5.49. The van der Waals surface area contributed by atoms with Crippen LogP contribution in [0.1, 0.15) is 95.8 Å². The SMILES string of the molecule is CC1OC(C)C(O)c2cc3c(c(O)c21)C(=O)C(=O)C(O)=C3c1cc(OC2OC(CO)C(O)C(O)C2O)cc2c(O)c3c(c(O)c12)C(C)OC(C)C3O. The maximum atomic E-state index is 13.5. The third kappa shape index (κ3) is 5.09. The highest BCUT2D eigenvalue weighted by atomic mass is 16.7. The number of aliphatic hydroxyl groups is 7. The van der Waals surface area contributed by atoms with E-state index in [0.717, 1.165) is 6.07 Å². The lowest BCUT2D eigenvalue weighted by Gasteiger charge is -2.39. The van der Waals surface area contributed by atoms with Gasteiger partial charge in [0.25, 0.3) is 5.78 Å². The molecule has 1 fully saturated rings. The van der Waals surface area contributed by atoms with E-state index in [1.807, 2.05) is 0 Å². The van der Waals surface area contributed by atoms with Crippen molar-refractivity contribution in [1.82, 2.24) is 0 Å². The average Bonchev–Trinajstić information content (AvgIpc) is 3.09. The molecule has 7 rings (SSSR count). The van der Waals surface area contributed by atoms with E-state index in [1.54, 1.807) is 27.7 Å². The number of hydrogen-bond donors (Lipinski definition) is 10. The van der Waals surface area contributed by atoms with Crippen molar-refractivity contribution in [3.8, 4) is 23.0 Å². The van der Waals surface area contributed by atoms with Crippen molar-refractivity contribution in [2.75, 3.05) is 6.61 Å². The van der Waals surface area contributed by atoms with Gasteiger partial charge in [-0.1, -0.05) is 0 Å². The Morgan fingerprint density at radius 1 is 0.673 bits per heavy atom. The van der Waals surface area contributed by atoms with Gasteiger partial charge in [-0.05, 0) is 51.5 Å². The Balaban J connectivity index is 1.55. The van der Waals surface area contributed by atoms with Gasteiger partial charge in [-0.2, -0.15) is 0 Å². The standard InChI is InChI=1S/C36H38O16/c1-9-19-17(25(38)11(3)49-9)7-15-21(31(44)34(47)32(45)23(15)29(19)42)14-5-13(51-36-35(48)33(46)28(41)18(8-37)52-36)6-16-22(14)30(43)20-10(2)50-12(4)26(39)24(20)27(16)40/h5-7,9-12,18,25-26,28,33,35-44,46,48H,8H2,1-4H3. The summed E-state index contributed by atoms with van der Waals surface area (Å²) in [7, 11) is 0. The molecule has 1 aliphatic carbocycles. The molecule has 52 heavy (non-hydrogen) atoms. The molecule has 0 spiro atoms. The van der Waals surface area contributed by atoms with Crippen molar-refractivity contribution < 1.29 is 79.6 Å². The Morgan fingerprint density at radius 2 is 1.31 bits per heavy atom. The summed E-state index contributed by atoms with van der Waals surface area (Å²) >= 11 is 0. The van der Waals surface area contributed by atoms with Crippen LogP contribution in [-0.2, 0) is 19.0 Å². The molecule has 3 aliphatic heterocycles. The molecule has 3 aromatic rings. The van der Waals surface area contributed by atoms with Crippen LogP contribution in [0.15, 0.2) is 24.0 Å². The first-order valence-electron chi connectivity index (χ1n) is 16.6. The number of carbonyl (C=O) groups excluding carboxylic acids is 2. The number of carbonyl (C=O) groups is 2. The van der Waals surface area contributed by atoms with E-state index in [4.69, 9.17) is 18.9 Å². The van der Waals surface area contributed by atoms with Crippen LogP contribution in [0.5, 0.6) is 23.0 Å². The topological polar surface area (TPSA) is 273 Å². The zero-order valence-corrected chi connectivity index (χ0v) is 28.2. The van der Waals surface area contributed by atoms with Gasteiger partial charge in [0.2, 0.25) is 12.1 Å². The summed E-state index contributed by atoms with van der Waals surface area (Å²) in [5, 5.41) is 110. The molecule has 3 aromatic carbocycles. The number of ketones is 2. The Kier molecular flexibility index (Phi) is 8.76. The molecule has 0 aromatic heterocycles. The van der Waals surface area contributed by atoms with Crippen molar-refractivity contribution in [2.24, 2.45) is 0 Å². The first-order chi connectivity index (χ1) is 24.5. The molecule has 0 saturated carbocycles. The number of fused-ring (bicyclic) bond motifs is 4. The maximum Gasteiger partial charge on any atom is 0.268 e. The highest BCUT2D eigenvalue weighted by molar-refractivity contribution is 6.53. The third-order valence-corrected chi connectivity index (χ3v) is 10.5. The molecule has 11 unspecified atom stereocenters. The molecule has 4 aliphatic rings. The fourth-order valence-electron chi connectivity index (χ4n) is 7.82. The van der Waals surface area contributed by atoms with Gasteiger partial charge in [0.15, 0.2) is 5.76 Å². The predicted molar refractivity (Wildman–Crippen MR) is 176 cm³/mol. The Bertz CT molecular complexity index is 2050. The van der Waals surface area contributed by atoms with Crippen LogP contribution in [0.4, 0.5) is 0 Å². The number of aromatic hydroxyl groups is 3. The van der Waals surface area contributed by atoms with Crippen molar-refractivity contribution >= 4 is 27.9 Å². The van der Waals surface area contributed by atoms with Gasteiger partial charge >= 0.3 is 0 Å². The highest BCUT2D eigenvalue weighted by Gasteiger charge is 2.46. The number of aliphatic hydroxyl groups excluding tert-OH is 7. The Labute approximate surface area is 294 Å². The number of Topliss-reactive ketones (excluding diaryl/α,β-unsaturated/α-hetero) is 2. The fourth-order valence-corrected chi connectivity index (χ4v) is 7.82. The summed E-state index contributed by atoms with van der Waals surface area (Å²) in [5.74, 6) is -5.95. The first kappa shape index (κ1) is 36.0. The number of rotatable bonds is 4. The zero-order chi connectivity index (χ0) is 37.8. The molecule has 278 valence electrons. The van der Waals surface area contributed by atoms with Crippen LogP contribution in [0.3, 0.4) is 0 Å². The lowest BCUT2D eigenvalue weighted by Crippen LogP contribution is -2.60. The third-order valence-electron chi connectivity index (χ3n) is 10.5. The fraction of sp³-hybridized carbons (Fsp3) is 0.444. The molecule has 0 bridgehead atoms. The van der Waals surface area contributed by atoms with Crippen molar-refractivity contribution in [1.29, 1.82) is 0 Å². The van der Waals surface area contributed by atoms with Crippen molar-refractivity contribution in [3.63, 3.8) is 0 Å². The van der Waals surface area contributed by atoms with Gasteiger partial charge < -0.3 is 70.0 Å². The number of allylic oxidation sites excluding steroid dienone is 1. The van der Waals surface area contributed by atoms with Crippen LogP contribution >= 0.6 is 0 Å². The number of benzene rings is 3. The number of phenolic OH excluding ortho intramolecular Hbond substituents is 3. The Hall–Kier alpha value is -4.36. The molecule has 0 amide bonds. The second kappa shape index (κ2) is 12.6. The van der Waals surface area contributed by atoms with Crippen LogP contribution in [0, 0.1) is 0 Å². The smallest absolute Gasteiger partial charge is 0.268 e. The summed E-state index contributed by atoms with van der Waals surface area (Å²) in [4.78, 5) is 26.9. The van der Waals surface area contributed by atoms with Crippen LogP contribution in [0.25, 0.3) is 16.3 Å². The lowest BCUT2D eigenvalue weighted by atomic mass is 9.77. The predicted octanol–water partition coefficient (Wildman–Crippen LogP) is 1.24. The van der Waals surface area contributed by atoms with Gasteiger partial charge in [-0.15, -0.1) is 0 Å². The molecule has 1 saturated heterocycles. The second-order valence-corrected chi connectivity index (χ2v) is 13.6. The largest absolute Gasteiger partial charge is 0.507 e. The molecule has 3 heterocycles. The maximum absolute atomic E-state index is 13.5. The summed E-state index contributed by atoms with van der Waals surface area (Å²) in [5.41, 5.74) is -1.44. The summed E-state index contributed by atoms with van der Waals surface area (Å²) < 4.78 is 22.9. The van der Waals surface area contributed by atoms with Gasteiger partial charge in [0.05, 0.1) is 36.6 Å². The minimum absolute atomic E-state index is 0.0264. The minimum atomic E-state index is -1.89. The van der Waals surface area contributed by atoms with Crippen LogP contribution in [0.2, 0.25) is 0 Å². The molecule has 0 radical (unpaired) electrons. The quantitative estimate of drug-likeness (QED) is 0.134. The highest BCUT2D eigenvalue weighted by Crippen LogP contribution is 2.55. The van der Waals surface area contributed by atoms with Gasteiger partial charge in [0, 0.05) is 44.2 Å². The van der Waals surface area contributed by atoms with Crippen LogP contribution < -0.4 is 4.74 Å². The van der Waals surface area contributed by atoms with Gasteiger partial charge in [0.1, 0.15) is 59.6 Å². The molecule has 16 heteroatoms. The number of ether oxygens (including phenoxy) is 4. The molecular weight excluding hydrogens is 688 g/mol. The minimum Gasteiger partial charge on any atom is -0.507 e. The van der Waals surface area contributed by atoms with E-state index in [-0.39, 0.29) is 49.9 Å². The van der Waals surface area contributed by atoms with Gasteiger partial charge in [-0.3, -0.25) is 9.59 Å². The molecule has 10 N–H and O–H groups in total. The zero-order valence-electron chi connectivity index (χ0n) is 28.2. The molecular formula is C36H38O16. The summed E-state index contributed by atoms with van der Waals surface area (Å²) in [6.07, 6.45) is -14.7. The van der Waals surface area contributed by atoms with E-state index in [2.05, 4.69) is 0 Å². The average molecular weight is 727 g/mol. The van der Waals surface area contributed by atoms with Crippen LogP contribution in [-0.4, -0.2) is 112 Å². The van der Waals surface area contributed by atoms with Gasteiger partial charge in [-0.25, -0.2) is 0 Å². The lowest BCUT2D eigenvalue weighted by molar-refractivity contribution is -0.277. The van der Waals surface area contributed by atoms with E-state index in [9.17, 15) is 60.7 Å². The Morgan fingerprint density at radius 3 is 1.96 bits per heavy atom. The second-order valence-electron chi connectivity index (χ2n) is 13.6. The molecule has 11 atom stereocenters.